The zero-order valence-corrected chi connectivity index (χ0v) is 12.7. The largest absolute Gasteiger partial charge is 0.246 e. The second kappa shape index (κ2) is 5.23. The molecule has 4 aromatic rings. The van der Waals surface area contributed by atoms with Crippen LogP contribution in [0.15, 0.2) is 66.7 Å². The summed E-state index contributed by atoms with van der Waals surface area (Å²) < 4.78 is 0. The maximum atomic E-state index is 9.55. The van der Waals surface area contributed by atoms with Gasteiger partial charge in [-0.2, -0.15) is 5.26 Å². The van der Waals surface area contributed by atoms with Crippen LogP contribution in [0, 0.1) is 18.3 Å². The van der Waals surface area contributed by atoms with Crippen molar-refractivity contribution in [3.05, 3.63) is 77.9 Å². The van der Waals surface area contributed by atoms with E-state index < -0.39 is 0 Å². The van der Waals surface area contributed by atoms with Crippen LogP contribution in [0.1, 0.15) is 11.1 Å². The van der Waals surface area contributed by atoms with E-state index in [1.54, 1.807) is 0 Å². The van der Waals surface area contributed by atoms with Crippen molar-refractivity contribution in [2.75, 3.05) is 0 Å². The molecule has 0 N–H and O–H groups in total. The Morgan fingerprint density at radius 2 is 1.61 bits per heavy atom. The van der Waals surface area contributed by atoms with Crippen molar-refractivity contribution in [2.45, 2.75) is 6.92 Å². The van der Waals surface area contributed by atoms with Crippen LogP contribution in [0.5, 0.6) is 0 Å². The minimum absolute atomic E-state index is 0.613. The molecule has 4 rings (SSSR count). The van der Waals surface area contributed by atoms with E-state index in [1.165, 1.54) is 10.8 Å². The predicted molar refractivity (Wildman–Crippen MR) is 94.1 cm³/mol. The molecule has 0 saturated carbocycles. The lowest BCUT2D eigenvalue weighted by Crippen LogP contribution is -1.94. The molecule has 2 nitrogen and oxygen atoms in total. The molecule has 2 heteroatoms. The van der Waals surface area contributed by atoms with Crippen molar-refractivity contribution in [2.24, 2.45) is 0 Å². The Balaban J connectivity index is 2.06. The third kappa shape index (κ3) is 2.15. The Kier molecular flexibility index (Phi) is 3.06. The SMILES string of the molecule is Cc1c(-c2nc3ccccc3cc2C#N)ccc2ccccc12. The summed E-state index contributed by atoms with van der Waals surface area (Å²) in [5.74, 6) is 0. The van der Waals surface area contributed by atoms with Gasteiger partial charge in [-0.05, 0) is 35.4 Å². The summed E-state index contributed by atoms with van der Waals surface area (Å²) >= 11 is 0. The molecule has 0 radical (unpaired) electrons. The summed E-state index contributed by atoms with van der Waals surface area (Å²) in [4.78, 5) is 4.76. The van der Waals surface area contributed by atoms with Crippen molar-refractivity contribution in [1.82, 2.24) is 4.98 Å². The average molecular weight is 294 g/mol. The molecule has 0 aliphatic rings. The van der Waals surface area contributed by atoms with E-state index in [1.807, 2.05) is 42.5 Å². The van der Waals surface area contributed by atoms with Gasteiger partial charge in [0.05, 0.1) is 16.8 Å². The topological polar surface area (TPSA) is 36.7 Å². The third-order valence-electron chi connectivity index (χ3n) is 4.30. The zero-order valence-electron chi connectivity index (χ0n) is 12.7. The van der Waals surface area contributed by atoms with Crippen molar-refractivity contribution in [1.29, 1.82) is 5.26 Å². The Bertz CT molecular complexity index is 1090. The molecule has 0 aliphatic carbocycles. The van der Waals surface area contributed by atoms with Crippen LogP contribution in [0.2, 0.25) is 0 Å². The van der Waals surface area contributed by atoms with Crippen LogP contribution < -0.4 is 0 Å². The number of para-hydroxylation sites is 1. The lowest BCUT2D eigenvalue weighted by Gasteiger charge is -2.11. The smallest absolute Gasteiger partial charge is 0.101 e. The molecular weight excluding hydrogens is 280 g/mol. The summed E-state index contributed by atoms with van der Waals surface area (Å²) in [5, 5.41) is 12.9. The number of pyridine rings is 1. The number of aromatic nitrogens is 1. The van der Waals surface area contributed by atoms with Crippen LogP contribution in [0.3, 0.4) is 0 Å². The highest BCUT2D eigenvalue weighted by Crippen LogP contribution is 2.31. The molecular formula is C21H14N2. The highest BCUT2D eigenvalue weighted by molar-refractivity contribution is 5.93. The van der Waals surface area contributed by atoms with Gasteiger partial charge >= 0.3 is 0 Å². The number of hydrogen-bond donors (Lipinski definition) is 0. The molecule has 23 heavy (non-hydrogen) atoms. The molecule has 1 aromatic heterocycles. The van der Waals surface area contributed by atoms with Crippen molar-refractivity contribution in [3.8, 4) is 17.3 Å². The first-order valence-corrected chi connectivity index (χ1v) is 7.56. The van der Waals surface area contributed by atoms with E-state index in [-0.39, 0.29) is 0 Å². The average Bonchev–Trinajstić information content (AvgIpc) is 2.61. The summed E-state index contributed by atoms with van der Waals surface area (Å²) in [6.45, 7) is 2.09. The fraction of sp³-hybridized carbons (Fsp3) is 0.0476. The van der Waals surface area contributed by atoms with Crippen molar-refractivity contribution >= 4 is 21.7 Å². The zero-order chi connectivity index (χ0) is 15.8. The second-order valence-corrected chi connectivity index (χ2v) is 5.65. The molecule has 0 amide bonds. The monoisotopic (exact) mass is 294 g/mol. The van der Waals surface area contributed by atoms with Crippen LogP contribution in [0.25, 0.3) is 32.9 Å². The van der Waals surface area contributed by atoms with Gasteiger partial charge in [0.1, 0.15) is 6.07 Å². The fourth-order valence-corrected chi connectivity index (χ4v) is 3.09. The summed E-state index contributed by atoms with van der Waals surface area (Å²) in [6.07, 6.45) is 0. The summed E-state index contributed by atoms with van der Waals surface area (Å²) in [6, 6.07) is 24.6. The molecule has 0 bridgehead atoms. The minimum atomic E-state index is 0.613. The summed E-state index contributed by atoms with van der Waals surface area (Å²) in [5.41, 5.74) is 4.46. The molecule has 108 valence electrons. The van der Waals surface area contributed by atoms with E-state index in [0.29, 0.717) is 5.56 Å². The van der Waals surface area contributed by atoms with Gasteiger partial charge in [0.25, 0.3) is 0 Å². The first kappa shape index (κ1) is 13.5. The molecule has 1 heterocycles. The Labute approximate surface area is 134 Å². The minimum Gasteiger partial charge on any atom is -0.246 e. The van der Waals surface area contributed by atoms with E-state index in [4.69, 9.17) is 4.98 Å². The van der Waals surface area contributed by atoms with E-state index in [2.05, 4.69) is 37.3 Å². The van der Waals surface area contributed by atoms with Crippen LogP contribution in [-0.4, -0.2) is 4.98 Å². The van der Waals surface area contributed by atoms with E-state index >= 15 is 0 Å². The molecule has 0 unspecified atom stereocenters. The number of benzene rings is 3. The normalized spacial score (nSPS) is 10.8. The van der Waals surface area contributed by atoms with Gasteiger partial charge in [-0.25, -0.2) is 4.98 Å². The van der Waals surface area contributed by atoms with Gasteiger partial charge in [0.15, 0.2) is 0 Å². The third-order valence-corrected chi connectivity index (χ3v) is 4.30. The summed E-state index contributed by atoms with van der Waals surface area (Å²) in [7, 11) is 0. The molecule has 0 saturated heterocycles. The Morgan fingerprint density at radius 3 is 2.43 bits per heavy atom. The lowest BCUT2D eigenvalue weighted by atomic mass is 9.95. The molecule has 0 fully saturated rings. The number of aryl methyl sites for hydroxylation is 1. The molecule has 0 spiro atoms. The molecule has 3 aromatic carbocycles. The first-order valence-electron chi connectivity index (χ1n) is 7.56. The fourth-order valence-electron chi connectivity index (χ4n) is 3.09. The van der Waals surface area contributed by atoms with Crippen molar-refractivity contribution in [3.63, 3.8) is 0 Å². The van der Waals surface area contributed by atoms with Gasteiger partial charge < -0.3 is 0 Å². The van der Waals surface area contributed by atoms with Gasteiger partial charge in [-0.15, -0.1) is 0 Å². The number of hydrogen-bond acceptors (Lipinski definition) is 2. The quantitative estimate of drug-likeness (QED) is 0.481. The molecule has 0 atom stereocenters. The maximum absolute atomic E-state index is 9.55. The Morgan fingerprint density at radius 1 is 0.870 bits per heavy atom. The highest BCUT2D eigenvalue weighted by Gasteiger charge is 2.12. The number of nitriles is 1. The number of fused-ring (bicyclic) bond motifs is 2. The lowest BCUT2D eigenvalue weighted by molar-refractivity contribution is 1.35. The highest BCUT2D eigenvalue weighted by atomic mass is 14.7. The van der Waals surface area contributed by atoms with Crippen LogP contribution >= 0.6 is 0 Å². The van der Waals surface area contributed by atoms with Gasteiger partial charge in [-0.3, -0.25) is 0 Å². The van der Waals surface area contributed by atoms with Crippen molar-refractivity contribution < 1.29 is 0 Å². The predicted octanol–water partition coefficient (Wildman–Crippen LogP) is 5.24. The maximum Gasteiger partial charge on any atom is 0.101 e. The van der Waals surface area contributed by atoms with Gasteiger partial charge in [0.2, 0.25) is 0 Å². The van der Waals surface area contributed by atoms with Gasteiger partial charge in [-0.1, -0.05) is 54.6 Å². The van der Waals surface area contributed by atoms with Crippen LogP contribution in [-0.2, 0) is 0 Å². The van der Waals surface area contributed by atoms with Gasteiger partial charge in [0, 0.05) is 10.9 Å². The molecule has 0 aliphatic heterocycles. The Hall–Kier alpha value is -3.18. The number of rotatable bonds is 1. The standard InChI is InChI=1S/C21H14N2/c1-14-18-8-4-2-6-15(18)10-11-19(14)21-17(13-22)12-16-7-3-5-9-20(16)23-21/h2-12H,1H3. The van der Waals surface area contributed by atoms with E-state index in [0.717, 1.165) is 27.7 Å². The van der Waals surface area contributed by atoms with E-state index in [9.17, 15) is 5.26 Å². The second-order valence-electron chi connectivity index (χ2n) is 5.65. The number of nitrogens with zero attached hydrogens (tertiary/aromatic N) is 2. The van der Waals surface area contributed by atoms with Crippen LogP contribution in [0.4, 0.5) is 0 Å². The first-order chi connectivity index (χ1) is 11.3.